The zero-order chi connectivity index (χ0) is 21.8. The molecule has 3 aromatic rings. The first kappa shape index (κ1) is 22.8. The van der Waals surface area contributed by atoms with E-state index in [1.807, 2.05) is 12.1 Å². The van der Waals surface area contributed by atoms with E-state index in [4.69, 9.17) is 23.2 Å². The second-order valence-corrected chi connectivity index (χ2v) is 9.14. The summed E-state index contributed by atoms with van der Waals surface area (Å²) in [5.41, 5.74) is 0.957. The van der Waals surface area contributed by atoms with Crippen molar-refractivity contribution in [2.45, 2.75) is 18.1 Å². The standard InChI is InChI=1S/C20H17BrCl2N4O2S/c1-11(24-19(29)15-8-7-14(22)9-16(15)23)18-25-26-20(27(18)2)30-10-17(28)12-3-5-13(21)6-4-12/h3-9,11H,10H2,1-2H3,(H,24,29)/t11-/m1/s1. The summed E-state index contributed by atoms with van der Waals surface area (Å²) < 4.78 is 2.68. The van der Waals surface area contributed by atoms with Crippen LogP contribution >= 0.6 is 50.9 Å². The van der Waals surface area contributed by atoms with Crippen LogP contribution in [0.5, 0.6) is 0 Å². The Bertz CT molecular complexity index is 1090. The quantitative estimate of drug-likeness (QED) is 0.331. The van der Waals surface area contributed by atoms with Gasteiger partial charge in [-0.2, -0.15) is 0 Å². The fourth-order valence-corrected chi connectivity index (χ4v) is 4.26. The molecule has 30 heavy (non-hydrogen) atoms. The van der Waals surface area contributed by atoms with Crippen molar-refractivity contribution in [3.63, 3.8) is 0 Å². The third-order valence-electron chi connectivity index (χ3n) is 4.28. The molecule has 2 aromatic carbocycles. The molecule has 0 saturated carbocycles. The molecule has 0 fully saturated rings. The minimum atomic E-state index is -0.418. The molecule has 1 heterocycles. The summed E-state index contributed by atoms with van der Waals surface area (Å²) in [4.78, 5) is 24.9. The van der Waals surface area contributed by atoms with Crippen LogP contribution < -0.4 is 5.32 Å². The fourth-order valence-electron chi connectivity index (χ4n) is 2.69. The number of nitrogens with one attached hydrogen (secondary N) is 1. The highest BCUT2D eigenvalue weighted by molar-refractivity contribution is 9.10. The second-order valence-electron chi connectivity index (χ2n) is 6.44. The van der Waals surface area contributed by atoms with Crippen molar-refractivity contribution in [2.24, 2.45) is 7.05 Å². The van der Waals surface area contributed by atoms with Crippen LogP contribution in [-0.2, 0) is 7.05 Å². The Balaban J connectivity index is 1.64. The largest absolute Gasteiger partial charge is 0.342 e. The third-order valence-corrected chi connectivity index (χ3v) is 6.37. The average molecular weight is 528 g/mol. The molecule has 0 aliphatic carbocycles. The molecular weight excluding hydrogens is 511 g/mol. The maximum atomic E-state index is 12.5. The van der Waals surface area contributed by atoms with Crippen molar-refractivity contribution in [3.05, 3.63) is 73.9 Å². The highest BCUT2D eigenvalue weighted by Crippen LogP contribution is 2.23. The Labute approximate surface area is 196 Å². The second kappa shape index (κ2) is 9.96. The number of rotatable bonds is 7. The summed E-state index contributed by atoms with van der Waals surface area (Å²) in [5.74, 6) is 0.448. The molecule has 0 radical (unpaired) electrons. The van der Waals surface area contributed by atoms with Gasteiger partial charge in [0.15, 0.2) is 16.8 Å². The van der Waals surface area contributed by atoms with Gasteiger partial charge in [0.05, 0.1) is 22.4 Å². The molecule has 6 nitrogen and oxygen atoms in total. The average Bonchev–Trinajstić information content (AvgIpc) is 3.07. The topological polar surface area (TPSA) is 76.9 Å². The molecule has 156 valence electrons. The highest BCUT2D eigenvalue weighted by atomic mass is 79.9. The van der Waals surface area contributed by atoms with E-state index in [0.717, 1.165) is 4.47 Å². The van der Waals surface area contributed by atoms with Gasteiger partial charge in [-0.1, -0.05) is 63.0 Å². The number of hydrogen-bond donors (Lipinski definition) is 1. The van der Waals surface area contributed by atoms with Crippen molar-refractivity contribution in [1.82, 2.24) is 20.1 Å². The number of carbonyl (C=O) groups excluding carboxylic acids is 2. The molecule has 0 aliphatic heterocycles. The highest BCUT2D eigenvalue weighted by Gasteiger charge is 2.20. The lowest BCUT2D eigenvalue weighted by atomic mass is 10.2. The molecule has 0 saturated heterocycles. The van der Waals surface area contributed by atoms with Crippen molar-refractivity contribution in [3.8, 4) is 0 Å². The minimum absolute atomic E-state index is 0.00391. The smallest absolute Gasteiger partial charge is 0.253 e. The molecule has 1 aromatic heterocycles. The number of hydrogen-bond acceptors (Lipinski definition) is 5. The first-order valence-electron chi connectivity index (χ1n) is 8.83. The number of Topliss-reactive ketones (excluding diaryl/α,β-unsaturated/α-hetero) is 1. The van der Waals surface area contributed by atoms with Crippen LogP contribution in [0.3, 0.4) is 0 Å². The maximum Gasteiger partial charge on any atom is 0.253 e. The number of amides is 1. The number of carbonyl (C=O) groups is 2. The first-order valence-corrected chi connectivity index (χ1v) is 11.4. The Morgan fingerprint density at radius 3 is 2.53 bits per heavy atom. The predicted molar refractivity (Wildman–Crippen MR) is 123 cm³/mol. The summed E-state index contributed by atoms with van der Waals surface area (Å²) >= 11 is 16.6. The van der Waals surface area contributed by atoms with Crippen LogP contribution in [0, 0.1) is 0 Å². The molecule has 0 unspecified atom stereocenters. The molecule has 1 atom stereocenters. The lowest BCUT2D eigenvalue weighted by molar-refractivity contribution is 0.0937. The van der Waals surface area contributed by atoms with E-state index in [0.29, 0.717) is 27.1 Å². The van der Waals surface area contributed by atoms with Crippen molar-refractivity contribution in [1.29, 1.82) is 0 Å². The molecule has 0 aliphatic rings. The maximum absolute atomic E-state index is 12.5. The zero-order valence-electron chi connectivity index (χ0n) is 16.0. The summed E-state index contributed by atoms with van der Waals surface area (Å²) in [6.07, 6.45) is 0. The molecule has 10 heteroatoms. The number of thioether (sulfide) groups is 1. The van der Waals surface area contributed by atoms with Gasteiger partial charge in [0, 0.05) is 22.1 Å². The lowest BCUT2D eigenvalue weighted by Crippen LogP contribution is -2.28. The van der Waals surface area contributed by atoms with Crippen LogP contribution in [-0.4, -0.2) is 32.2 Å². The molecular formula is C20H17BrCl2N4O2S. The van der Waals surface area contributed by atoms with Gasteiger partial charge in [-0.05, 0) is 37.3 Å². The number of aromatic nitrogens is 3. The van der Waals surface area contributed by atoms with E-state index in [1.165, 1.54) is 17.8 Å². The molecule has 1 amide bonds. The van der Waals surface area contributed by atoms with Gasteiger partial charge in [0.2, 0.25) is 0 Å². The lowest BCUT2D eigenvalue weighted by Gasteiger charge is -2.14. The van der Waals surface area contributed by atoms with Crippen LogP contribution in [0.15, 0.2) is 52.1 Å². The van der Waals surface area contributed by atoms with Crippen LogP contribution in [0.2, 0.25) is 10.0 Å². The van der Waals surface area contributed by atoms with Crippen LogP contribution in [0.25, 0.3) is 0 Å². The van der Waals surface area contributed by atoms with E-state index in [-0.39, 0.29) is 22.5 Å². The Morgan fingerprint density at radius 1 is 1.17 bits per heavy atom. The fraction of sp³-hybridized carbons (Fsp3) is 0.200. The van der Waals surface area contributed by atoms with Gasteiger partial charge in [-0.15, -0.1) is 10.2 Å². The summed E-state index contributed by atoms with van der Waals surface area (Å²) in [6, 6.07) is 11.5. The predicted octanol–water partition coefficient (Wildman–Crippen LogP) is 5.35. The van der Waals surface area contributed by atoms with Gasteiger partial charge in [-0.3, -0.25) is 9.59 Å². The summed E-state index contributed by atoms with van der Waals surface area (Å²) in [7, 11) is 1.79. The molecule has 0 spiro atoms. The summed E-state index contributed by atoms with van der Waals surface area (Å²) in [6.45, 7) is 1.80. The van der Waals surface area contributed by atoms with E-state index in [1.54, 1.807) is 42.8 Å². The number of halogens is 3. The van der Waals surface area contributed by atoms with Crippen molar-refractivity contribution in [2.75, 3.05) is 5.75 Å². The molecule has 0 bridgehead atoms. The van der Waals surface area contributed by atoms with Crippen LogP contribution in [0.1, 0.15) is 39.5 Å². The first-order chi connectivity index (χ1) is 14.3. The molecule has 3 rings (SSSR count). The molecule has 1 N–H and O–H groups in total. The van der Waals surface area contributed by atoms with E-state index < -0.39 is 6.04 Å². The van der Waals surface area contributed by atoms with Gasteiger partial charge < -0.3 is 9.88 Å². The Kier molecular flexibility index (Phi) is 7.57. The van der Waals surface area contributed by atoms with Crippen molar-refractivity contribution < 1.29 is 9.59 Å². The summed E-state index contributed by atoms with van der Waals surface area (Å²) in [5, 5.41) is 12.5. The van der Waals surface area contributed by atoms with Gasteiger partial charge in [0.1, 0.15) is 0 Å². The Hall–Kier alpha value is -1.87. The van der Waals surface area contributed by atoms with E-state index in [2.05, 4.69) is 31.4 Å². The van der Waals surface area contributed by atoms with Crippen molar-refractivity contribution >= 4 is 62.6 Å². The zero-order valence-corrected chi connectivity index (χ0v) is 19.9. The number of nitrogens with zero attached hydrogens (tertiary/aromatic N) is 3. The number of benzene rings is 2. The van der Waals surface area contributed by atoms with E-state index >= 15 is 0 Å². The van der Waals surface area contributed by atoms with Crippen LogP contribution in [0.4, 0.5) is 0 Å². The number of ketones is 1. The minimum Gasteiger partial charge on any atom is -0.342 e. The monoisotopic (exact) mass is 526 g/mol. The SMILES string of the molecule is C[C@@H](NC(=O)c1ccc(Cl)cc1Cl)c1nnc(SCC(=O)c2ccc(Br)cc2)n1C. The third kappa shape index (κ3) is 5.43. The van der Waals surface area contributed by atoms with Gasteiger partial charge in [0.25, 0.3) is 5.91 Å². The normalized spacial score (nSPS) is 11.9. The van der Waals surface area contributed by atoms with E-state index in [9.17, 15) is 9.59 Å². The van der Waals surface area contributed by atoms with Gasteiger partial charge in [-0.25, -0.2) is 0 Å². The Morgan fingerprint density at radius 2 is 1.87 bits per heavy atom. The van der Waals surface area contributed by atoms with Gasteiger partial charge >= 0.3 is 0 Å².